The second-order valence-corrected chi connectivity index (χ2v) is 6.31. The average molecular weight is 384 g/mol. The number of carbonyl (C=O) groups excluding carboxylic acids is 2. The van der Waals surface area contributed by atoms with Gasteiger partial charge in [-0.25, -0.2) is 4.79 Å². The Kier molecular flexibility index (Phi) is 5.49. The van der Waals surface area contributed by atoms with Crippen molar-refractivity contribution in [3.63, 3.8) is 0 Å². The van der Waals surface area contributed by atoms with Crippen LogP contribution in [-0.4, -0.2) is 43.7 Å². The van der Waals surface area contributed by atoms with Gasteiger partial charge in [-0.05, 0) is 36.4 Å². The predicted octanol–water partition coefficient (Wildman–Crippen LogP) is 2.39. The second-order valence-electron chi connectivity index (χ2n) is 6.31. The zero-order valence-corrected chi connectivity index (χ0v) is 15.5. The number of hydrogen-bond donors (Lipinski definition) is 2. The quantitative estimate of drug-likeness (QED) is 0.792. The largest absolute Gasteiger partial charge is 0.497 e. The number of benzene rings is 2. The molecule has 3 rings (SSSR count). The number of carboxylic acids is 1. The number of nitrogens with zero attached hydrogens (tertiary/aromatic N) is 1. The molecule has 1 fully saturated rings. The standard InChI is InChI=1S/C20H20N2O6/c1-27-15-7-8-16(17(10-15)28-2)22-11-13(9-18(22)23)19(24)21-14-5-3-12(4-6-14)20(25)26/h3-8,10,13H,9,11H2,1-2H3,(H,21,24)(H,25,26). The lowest BCUT2D eigenvalue weighted by Crippen LogP contribution is -2.28. The molecular weight excluding hydrogens is 364 g/mol. The van der Waals surface area contributed by atoms with Crippen LogP contribution in [0.2, 0.25) is 0 Å². The van der Waals surface area contributed by atoms with Crippen LogP contribution >= 0.6 is 0 Å². The Morgan fingerprint density at radius 3 is 2.43 bits per heavy atom. The van der Waals surface area contributed by atoms with E-state index >= 15 is 0 Å². The van der Waals surface area contributed by atoms with E-state index in [1.807, 2.05) is 0 Å². The first-order valence-corrected chi connectivity index (χ1v) is 8.59. The van der Waals surface area contributed by atoms with Crippen LogP contribution in [0.25, 0.3) is 0 Å². The van der Waals surface area contributed by atoms with Crippen molar-refractivity contribution < 1.29 is 29.0 Å². The summed E-state index contributed by atoms with van der Waals surface area (Å²) in [7, 11) is 3.04. The summed E-state index contributed by atoms with van der Waals surface area (Å²) in [6.45, 7) is 0.223. The number of anilines is 2. The van der Waals surface area contributed by atoms with Crippen molar-refractivity contribution in [3.8, 4) is 11.5 Å². The van der Waals surface area contributed by atoms with Crippen LogP contribution in [0.5, 0.6) is 11.5 Å². The normalized spacial score (nSPS) is 16.0. The van der Waals surface area contributed by atoms with E-state index in [2.05, 4.69) is 5.32 Å². The Morgan fingerprint density at radius 2 is 1.82 bits per heavy atom. The topological polar surface area (TPSA) is 105 Å². The van der Waals surface area contributed by atoms with Gasteiger partial charge in [-0.15, -0.1) is 0 Å². The maximum absolute atomic E-state index is 12.6. The highest BCUT2D eigenvalue weighted by Crippen LogP contribution is 2.36. The number of rotatable bonds is 6. The molecule has 2 N–H and O–H groups in total. The Balaban J connectivity index is 1.71. The molecule has 1 atom stereocenters. The molecule has 0 aromatic heterocycles. The van der Waals surface area contributed by atoms with E-state index in [1.165, 1.54) is 36.3 Å². The number of hydrogen-bond acceptors (Lipinski definition) is 5. The van der Waals surface area contributed by atoms with Crippen LogP contribution in [-0.2, 0) is 9.59 Å². The fraction of sp³-hybridized carbons (Fsp3) is 0.250. The molecule has 146 valence electrons. The Bertz CT molecular complexity index is 909. The van der Waals surface area contributed by atoms with Gasteiger partial charge in [0.2, 0.25) is 11.8 Å². The molecule has 28 heavy (non-hydrogen) atoms. The Labute approximate surface area is 161 Å². The predicted molar refractivity (Wildman–Crippen MR) is 102 cm³/mol. The number of ether oxygens (including phenoxy) is 2. The summed E-state index contributed by atoms with van der Waals surface area (Å²) >= 11 is 0. The third-order valence-corrected chi connectivity index (χ3v) is 4.57. The molecule has 8 nitrogen and oxygen atoms in total. The van der Waals surface area contributed by atoms with Gasteiger partial charge in [0.05, 0.1) is 31.4 Å². The molecule has 0 radical (unpaired) electrons. The van der Waals surface area contributed by atoms with Crippen LogP contribution in [0.1, 0.15) is 16.8 Å². The molecule has 0 aliphatic carbocycles. The molecule has 0 saturated carbocycles. The van der Waals surface area contributed by atoms with Crippen molar-refractivity contribution in [1.82, 2.24) is 0 Å². The van der Waals surface area contributed by atoms with Gasteiger partial charge in [-0.2, -0.15) is 0 Å². The molecule has 1 aliphatic rings. The highest BCUT2D eigenvalue weighted by atomic mass is 16.5. The first-order chi connectivity index (χ1) is 13.4. The summed E-state index contributed by atoms with van der Waals surface area (Å²) in [5.74, 6) is -0.956. The van der Waals surface area contributed by atoms with Crippen LogP contribution in [0.3, 0.4) is 0 Å². The number of carboxylic acid groups (broad SMARTS) is 1. The van der Waals surface area contributed by atoms with Crippen molar-refractivity contribution >= 4 is 29.2 Å². The van der Waals surface area contributed by atoms with Crippen LogP contribution in [0.15, 0.2) is 42.5 Å². The van der Waals surface area contributed by atoms with Crippen molar-refractivity contribution in [3.05, 3.63) is 48.0 Å². The van der Waals surface area contributed by atoms with Gasteiger partial charge in [0.1, 0.15) is 11.5 Å². The van der Waals surface area contributed by atoms with Gasteiger partial charge < -0.3 is 24.8 Å². The van der Waals surface area contributed by atoms with Crippen molar-refractivity contribution in [1.29, 1.82) is 0 Å². The van der Waals surface area contributed by atoms with Gasteiger partial charge in [0, 0.05) is 24.7 Å². The first-order valence-electron chi connectivity index (χ1n) is 8.59. The van der Waals surface area contributed by atoms with E-state index < -0.39 is 11.9 Å². The molecule has 1 heterocycles. The molecule has 2 aromatic rings. The third kappa shape index (κ3) is 3.90. The summed E-state index contributed by atoms with van der Waals surface area (Å²) in [6, 6.07) is 11.0. The van der Waals surface area contributed by atoms with Crippen LogP contribution in [0, 0.1) is 5.92 Å². The summed E-state index contributed by atoms with van der Waals surface area (Å²) in [5, 5.41) is 11.7. The average Bonchev–Trinajstić information content (AvgIpc) is 3.09. The van der Waals surface area contributed by atoms with E-state index in [0.29, 0.717) is 22.9 Å². The fourth-order valence-electron chi connectivity index (χ4n) is 3.06. The zero-order chi connectivity index (χ0) is 20.3. The summed E-state index contributed by atoms with van der Waals surface area (Å²) < 4.78 is 10.5. The van der Waals surface area contributed by atoms with Crippen molar-refractivity contribution in [2.75, 3.05) is 31.0 Å². The SMILES string of the molecule is COc1ccc(N2CC(C(=O)Nc3ccc(C(=O)O)cc3)CC2=O)c(OC)c1. The lowest BCUT2D eigenvalue weighted by Gasteiger charge is -2.20. The molecule has 1 aliphatic heterocycles. The van der Waals surface area contributed by atoms with Gasteiger partial charge in [0.15, 0.2) is 0 Å². The number of carbonyl (C=O) groups is 3. The smallest absolute Gasteiger partial charge is 0.335 e. The minimum atomic E-state index is -1.04. The van der Waals surface area contributed by atoms with Crippen molar-refractivity contribution in [2.45, 2.75) is 6.42 Å². The summed E-state index contributed by atoms with van der Waals surface area (Å²) in [4.78, 5) is 37.4. The lowest BCUT2D eigenvalue weighted by molar-refractivity contribution is -0.122. The van der Waals surface area contributed by atoms with Gasteiger partial charge in [-0.1, -0.05) is 0 Å². The minimum Gasteiger partial charge on any atom is -0.497 e. The van der Waals surface area contributed by atoms with Gasteiger partial charge in [-0.3, -0.25) is 9.59 Å². The molecule has 0 spiro atoms. The Hall–Kier alpha value is -3.55. The van der Waals surface area contributed by atoms with E-state index in [9.17, 15) is 14.4 Å². The van der Waals surface area contributed by atoms with Crippen LogP contribution < -0.4 is 19.7 Å². The highest BCUT2D eigenvalue weighted by Gasteiger charge is 2.36. The van der Waals surface area contributed by atoms with Gasteiger partial charge >= 0.3 is 5.97 Å². The summed E-state index contributed by atoms with van der Waals surface area (Å²) in [5.41, 5.74) is 1.18. The third-order valence-electron chi connectivity index (χ3n) is 4.57. The van der Waals surface area contributed by atoms with E-state index in [1.54, 1.807) is 25.3 Å². The van der Waals surface area contributed by atoms with E-state index in [4.69, 9.17) is 14.6 Å². The Morgan fingerprint density at radius 1 is 1.11 bits per heavy atom. The molecular formula is C20H20N2O6. The highest BCUT2D eigenvalue weighted by molar-refractivity contribution is 6.04. The van der Waals surface area contributed by atoms with E-state index in [0.717, 1.165) is 0 Å². The monoisotopic (exact) mass is 384 g/mol. The molecule has 8 heteroatoms. The minimum absolute atomic E-state index is 0.0776. The number of aromatic carboxylic acids is 1. The molecule has 0 bridgehead atoms. The molecule has 2 aromatic carbocycles. The van der Waals surface area contributed by atoms with Gasteiger partial charge in [0.25, 0.3) is 0 Å². The number of nitrogens with one attached hydrogen (secondary N) is 1. The second kappa shape index (κ2) is 7.99. The summed E-state index contributed by atoms with van der Waals surface area (Å²) in [6.07, 6.45) is 0.0776. The first kappa shape index (κ1) is 19.2. The zero-order valence-electron chi connectivity index (χ0n) is 15.5. The number of amides is 2. The molecule has 1 saturated heterocycles. The molecule has 1 unspecified atom stereocenters. The fourth-order valence-corrected chi connectivity index (χ4v) is 3.06. The maximum atomic E-state index is 12.6. The van der Waals surface area contributed by atoms with Crippen LogP contribution in [0.4, 0.5) is 11.4 Å². The van der Waals surface area contributed by atoms with E-state index in [-0.39, 0.29) is 30.3 Å². The van der Waals surface area contributed by atoms with Crippen molar-refractivity contribution in [2.24, 2.45) is 5.92 Å². The molecule has 2 amide bonds. The number of methoxy groups -OCH3 is 2. The lowest BCUT2D eigenvalue weighted by atomic mass is 10.1. The maximum Gasteiger partial charge on any atom is 0.335 e.